The number of nitrogens with zero attached hydrogens (tertiary/aromatic N) is 1. The van der Waals surface area contributed by atoms with E-state index in [2.05, 4.69) is 4.72 Å². The lowest BCUT2D eigenvalue weighted by Gasteiger charge is -2.27. The summed E-state index contributed by atoms with van der Waals surface area (Å²) >= 11 is 1.45. The fourth-order valence-electron chi connectivity index (χ4n) is 2.97. The number of rotatable bonds is 9. The Morgan fingerprint density at radius 1 is 1.26 bits per heavy atom. The molecule has 1 aromatic rings. The maximum absolute atomic E-state index is 12.9. The summed E-state index contributed by atoms with van der Waals surface area (Å²) in [5.74, 6) is -0.0820. The third-order valence-corrected chi connectivity index (χ3v) is 6.67. The Labute approximate surface area is 167 Å². The number of benzene rings is 1. The number of piperidine rings is 1. The highest BCUT2D eigenvalue weighted by Gasteiger charge is 2.23. The smallest absolute Gasteiger partial charge is 0.255 e. The van der Waals surface area contributed by atoms with Gasteiger partial charge < -0.3 is 9.64 Å². The molecule has 1 saturated heterocycles. The summed E-state index contributed by atoms with van der Waals surface area (Å²) in [4.78, 5) is 15.7. The van der Waals surface area contributed by atoms with Gasteiger partial charge in [0.25, 0.3) is 5.91 Å². The van der Waals surface area contributed by atoms with Crippen LogP contribution in [0.5, 0.6) is 0 Å². The van der Waals surface area contributed by atoms with E-state index in [0.717, 1.165) is 37.2 Å². The lowest BCUT2D eigenvalue weighted by Crippen LogP contribution is -2.36. The van der Waals surface area contributed by atoms with E-state index in [-0.39, 0.29) is 16.9 Å². The number of hydrogen-bond donors (Lipinski definition) is 1. The van der Waals surface area contributed by atoms with Gasteiger partial charge in [-0.05, 0) is 64.0 Å². The van der Waals surface area contributed by atoms with Crippen LogP contribution in [-0.4, -0.2) is 57.8 Å². The Hall–Kier alpha value is -1.09. The molecule has 0 spiro atoms. The number of likely N-dealkylation sites (tertiary alicyclic amines) is 1. The van der Waals surface area contributed by atoms with E-state index in [9.17, 15) is 13.2 Å². The van der Waals surface area contributed by atoms with Gasteiger partial charge in [0.05, 0.1) is 16.6 Å². The van der Waals surface area contributed by atoms with Crippen LogP contribution in [0.25, 0.3) is 0 Å². The maximum atomic E-state index is 12.9. The van der Waals surface area contributed by atoms with Gasteiger partial charge in [-0.1, -0.05) is 0 Å². The first-order valence-corrected chi connectivity index (χ1v) is 12.1. The SMILES string of the molecule is CSc1ccc(S(=O)(=O)NCCCOC(C)C)cc1C(=O)N1CCCCC1. The number of amides is 1. The van der Waals surface area contributed by atoms with E-state index in [0.29, 0.717) is 25.1 Å². The second-order valence-electron chi connectivity index (χ2n) is 6.89. The highest BCUT2D eigenvalue weighted by atomic mass is 32.2. The lowest BCUT2D eigenvalue weighted by molar-refractivity contribution is 0.0720. The number of nitrogens with one attached hydrogen (secondary N) is 1. The van der Waals surface area contributed by atoms with Crippen molar-refractivity contribution in [2.45, 2.75) is 55.4 Å². The van der Waals surface area contributed by atoms with Crippen LogP contribution in [0.2, 0.25) is 0 Å². The Bertz CT molecular complexity index is 729. The van der Waals surface area contributed by atoms with Crippen molar-refractivity contribution in [3.8, 4) is 0 Å². The van der Waals surface area contributed by atoms with E-state index in [4.69, 9.17) is 4.74 Å². The van der Waals surface area contributed by atoms with Gasteiger partial charge >= 0.3 is 0 Å². The second kappa shape index (κ2) is 10.5. The van der Waals surface area contributed by atoms with Crippen molar-refractivity contribution < 1.29 is 17.9 Å². The topological polar surface area (TPSA) is 75.7 Å². The van der Waals surface area contributed by atoms with Crippen LogP contribution in [0.3, 0.4) is 0 Å². The van der Waals surface area contributed by atoms with Crippen LogP contribution < -0.4 is 4.72 Å². The molecule has 8 heteroatoms. The average Bonchev–Trinajstić information content (AvgIpc) is 2.67. The van der Waals surface area contributed by atoms with Crippen LogP contribution in [-0.2, 0) is 14.8 Å². The number of carbonyl (C=O) groups excluding carboxylic acids is 1. The molecule has 1 fully saturated rings. The zero-order valence-electron chi connectivity index (χ0n) is 16.4. The van der Waals surface area contributed by atoms with Crippen LogP contribution in [0, 0.1) is 0 Å². The van der Waals surface area contributed by atoms with Crippen molar-refractivity contribution in [1.82, 2.24) is 9.62 Å². The molecule has 1 aliphatic rings. The monoisotopic (exact) mass is 414 g/mol. The quantitative estimate of drug-likeness (QED) is 0.496. The molecule has 1 aromatic carbocycles. The summed E-state index contributed by atoms with van der Waals surface area (Å²) in [7, 11) is -3.66. The molecule has 0 unspecified atom stereocenters. The molecule has 1 N–H and O–H groups in total. The standard InChI is InChI=1S/C19H30N2O4S2/c1-15(2)25-13-7-10-20-27(23,24)16-8-9-18(26-3)17(14-16)19(22)21-11-5-4-6-12-21/h8-9,14-15,20H,4-7,10-13H2,1-3H3. The summed E-state index contributed by atoms with van der Waals surface area (Å²) in [5, 5.41) is 0. The largest absolute Gasteiger partial charge is 0.379 e. The zero-order valence-corrected chi connectivity index (χ0v) is 18.0. The molecule has 2 rings (SSSR count). The van der Waals surface area contributed by atoms with Crippen molar-refractivity contribution in [2.24, 2.45) is 0 Å². The number of thioether (sulfide) groups is 1. The van der Waals surface area contributed by atoms with Gasteiger partial charge in [-0.15, -0.1) is 11.8 Å². The lowest BCUT2D eigenvalue weighted by atomic mass is 10.1. The summed E-state index contributed by atoms with van der Waals surface area (Å²) in [6.07, 6.45) is 5.75. The third-order valence-electron chi connectivity index (χ3n) is 4.42. The molecule has 0 aromatic heterocycles. The molecule has 27 heavy (non-hydrogen) atoms. The van der Waals surface area contributed by atoms with Gasteiger partial charge in [-0.25, -0.2) is 13.1 Å². The highest BCUT2D eigenvalue weighted by Crippen LogP contribution is 2.26. The van der Waals surface area contributed by atoms with Gasteiger partial charge in [-0.2, -0.15) is 0 Å². The molecule has 1 heterocycles. The van der Waals surface area contributed by atoms with Crippen molar-refractivity contribution in [1.29, 1.82) is 0 Å². The number of sulfonamides is 1. The predicted molar refractivity (Wildman–Crippen MR) is 109 cm³/mol. The summed E-state index contributed by atoms with van der Waals surface area (Å²) in [6, 6.07) is 4.79. The average molecular weight is 415 g/mol. The fraction of sp³-hybridized carbons (Fsp3) is 0.632. The van der Waals surface area contributed by atoms with Crippen molar-refractivity contribution in [3.05, 3.63) is 23.8 Å². The molecule has 0 bridgehead atoms. The molecule has 1 aliphatic heterocycles. The van der Waals surface area contributed by atoms with Gasteiger partial charge in [-0.3, -0.25) is 4.79 Å². The zero-order chi connectivity index (χ0) is 19.9. The van der Waals surface area contributed by atoms with Gasteiger partial charge in [0.2, 0.25) is 10.0 Å². The molecule has 0 aliphatic carbocycles. The van der Waals surface area contributed by atoms with Crippen molar-refractivity contribution in [3.63, 3.8) is 0 Å². The van der Waals surface area contributed by atoms with E-state index in [1.54, 1.807) is 12.1 Å². The minimum absolute atomic E-state index is 0.0820. The maximum Gasteiger partial charge on any atom is 0.255 e. The normalized spacial score (nSPS) is 15.3. The van der Waals surface area contributed by atoms with E-state index in [1.807, 2.05) is 25.0 Å². The number of hydrogen-bond acceptors (Lipinski definition) is 5. The Kier molecular flexibility index (Phi) is 8.60. The van der Waals surface area contributed by atoms with Gasteiger partial charge in [0.15, 0.2) is 0 Å². The first-order valence-electron chi connectivity index (χ1n) is 9.43. The summed E-state index contributed by atoms with van der Waals surface area (Å²) in [5.41, 5.74) is 0.468. The van der Waals surface area contributed by atoms with E-state index < -0.39 is 10.0 Å². The molecule has 1 amide bonds. The molecule has 6 nitrogen and oxygen atoms in total. The third kappa shape index (κ3) is 6.48. The highest BCUT2D eigenvalue weighted by molar-refractivity contribution is 7.98. The number of ether oxygens (including phenoxy) is 1. The first kappa shape index (κ1) is 22.2. The summed E-state index contributed by atoms with van der Waals surface area (Å²) in [6.45, 7) is 6.16. The van der Waals surface area contributed by atoms with Crippen LogP contribution in [0.15, 0.2) is 28.0 Å². The predicted octanol–water partition coefficient (Wildman–Crippen LogP) is 3.13. The van der Waals surface area contributed by atoms with Crippen molar-refractivity contribution >= 4 is 27.7 Å². The summed E-state index contributed by atoms with van der Waals surface area (Å²) < 4.78 is 33.2. The van der Waals surface area contributed by atoms with Crippen LogP contribution in [0.1, 0.15) is 49.9 Å². The molecule has 0 atom stereocenters. The van der Waals surface area contributed by atoms with Crippen molar-refractivity contribution in [2.75, 3.05) is 32.5 Å². The Balaban J connectivity index is 2.11. The Morgan fingerprint density at radius 2 is 1.96 bits per heavy atom. The van der Waals surface area contributed by atoms with E-state index in [1.165, 1.54) is 17.8 Å². The molecule has 152 valence electrons. The van der Waals surface area contributed by atoms with Gasteiger partial charge in [0.1, 0.15) is 0 Å². The molecule has 0 radical (unpaired) electrons. The minimum atomic E-state index is -3.66. The van der Waals surface area contributed by atoms with Gasteiger partial charge in [0, 0.05) is 31.1 Å². The molecule has 0 saturated carbocycles. The second-order valence-corrected chi connectivity index (χ2v) is 9.50. The van der Waals surface area contributed by atoms with Crippen LogP contribution >= 0.6 is 11.8 Å². The minimum Gasteiger partial charge on any atom is -0.379 e. The fourth-order valence-corrected chi connectivity index (χ4v) is 4.64. The molecular weight excluding hydrogens is 384 g/mol. The number of carbonyl (C=O) groups is 1. The van der Waals surface area contributed by atoms with Crippen LogP contribution in [0.4, 0.5) is 0 Å². The first-order chi connectivity index (χ1) is 12.8. The molecular formula is C19H30N2O4S2. The Morgan fingerprint density at radius 3 is 2.59 bits per heavy atom. The van der Waals surface area contributed by atoms with E-state index >= 15 is 0 Å².